The van der Waals surface area contributed by atoms with Gasteiger partial charge in [-0.25, -0.2) is 9.67 Å². The molecule has 0 aliphatic heterocycles. The molecule has 2 aromatic heterocycles. The molecule has 0 spiro atoms. The highest BCUT2D eigenvalue weighted by molar-refractivity contribution is 9.10. The average Bonchev–Trinajstić information content (AvgIpc) is 3.00. The molecule has 6 nitrogen and oxygen atoms in total. The van der Waals surface area contributed by atoms with Crippen molar-refractivity contribution >= 4 is 15.9 Å². The van der Waals surface area contributed by atoms with E-state index in [4.69, 9.17) is 4.74 Å². The van der Waals surface area contributed by atoms with Gasteiger partial charge in [-0.1, -0.05) is 17.3 Å². The summed E-state index contributed by atoms with van der Waals surface area (Å²) in [5.74, 6) is 0. The summed E-state index contributed by atoms with van der Waals surface area (Å²) in [6.45, 7) is 0.411. The van der Waals surface area contributed by atoms with Gasteiger partial charge >= 0.3 is 6.01 Å². The largest absolute Gasteiger partial charge is 0.459 e. The van der Waals surface area contributed by atoms with Gasteiger partial charge in [0.15, 0.2) is 0 Å². The average molecular weight is 332 g/mol. The molecule has 7 heteroatoms. The van der Waals surface area contributed by atoms with E-state index in [1.165, 1.54) is 0 Å². The Morgan fingerprint density at radius 3 is 2.65 bits per heavy atom. The zero-order valence-corrected chi connectivity index (χ0v) is 11.9. The summed E-state index contributed by atoms with van der Waals surface area (Å²) in [5, 5.41) is 7.70. The molecule has 100 valence electrons. The number of aromatic nitrogens is 5. The van der Waals surface area contributed by atoms with Gasteiger partial charge in [0.05, 0.1) is 18.1 Å². The Labute approximate surface area is 123 Å². The van der Waals surface area contributed by atoms with Crippen LogP contribution >= 0.6 is 15.9 Å². The summed E-state index contributed by atoms with van der Waals surface area (Å²) in [6, 6.07) is 9.94. The Bertz CT molecular complexity index is 684. The van der Waals surface area contributed by atoms with E-state index in [-0.39, 0.29) is 0 Å². The monoisotopic (exact) mass is 331 g/mol. The molecule has 0 aliphatic carbocycles. The minimum absolute atomic E-state index is 0.347. The van der Waals surface area contributed by atoms with Crippen molar-refractivity contribution in [1.82, 2.24) is 25.0 Å². The molecule has 0 fully saturated rings. The molecule has 0 saturated carbocycles. The number of rotatable bonds is 4. The fourth-order valence-corrected chi connectivity index (χ4v) is 1.90. The summed E-state index contributed by atoms with van der Waals surface area (Å²) >= 11 is 3.27. The number of hydrogen-bond acceptors (Lipinski definition) is 5. The van der Waals surface area contributed by atoms with E-state index in [9.17, 15) is 0 Å². The van der Waals surface area contributed by atoms with Gasteiger partial charge < -0.3 is 4.74 Å². The highest BCUT2D eigenvalue weighted by Crippen LogP contribution is 2.12. The predicted molar refractivity (Wildman–Crippen MR) is 75.4 cm³/mol. The third kappa shape index (κ3) is 3.00. The molecule has 3 aromatic rings. The molecule has 0 radical (unpaired) electrons. The number of benzene rings is 1. The Morgan fingerprint density at radius 2 is 1.95 bits per heavy atom. The van der Waals surface area contributed by atoms with Gasteiger partial charge in [-0.2, -0.15) is 4.98 Å². The van der Waals surface area contributed by atoms with Gasteiger partial charge in [-0.15, -0.1) is 5.10 Å². The molecule has 0 aliphatic rings. The molecule has 0 amide bonds. The first kappa shape index (κ1) is 12.7. The maximum atomic E-state index is 5.52. The van der Waals surface area contributed by atoms with Crippen LogP contribution in [0.5, 0.6) is 6.01 Å². The quantitative estimate of drug-likeness (QED) is 0.687. The van der Waals surface area contributed by atoms with Crippen molar-refractivity contribution in [2.45, 2.75) is 6.61 Å². The first-order valence-corrected chi connectivity index (χ1v) is 6.67. The molecule has 20 heavy (non-hydrogen) atoms. The molecule has 0 N–H and O–H groups in total. The summed E-state index contributed by atoms with van der Waals surface area (Å²) in [5.41, 5.74) is 1.97. The van der Waals surface area contributed by atoms with Crippen molar-refractivity contribution in [3.05, 3.63) is 59.1 Å². The topological polar surface area (TPSA) is 65.7 Å². The van der Waals surface area contributed by atoms with Crippen molar-refractivity contribution in [3.8, 4) is 11.7 Å². The normalized spacial score (nSPS) is 10.4. The van der Waals surface area contributed by atoms with Crippen LogP contribution in [0.1, 0.15) is 5.56 Å². The lowest BCUT2D eigenvalue weighted by Crippen LogP contribution is -2.00. The standard InChI is InChI=1S/C13H10BrN5O/c14-12-5-6-15-13(17-12)20-9-10-1-3-11(4-2-10)19-8-7-16-18-19/h1-8H,9H2. The minimum Gasteiger partial charge on any atom is -0.459 e. The lowest BCUT2D eigenvalue weighted by Gasteiger charge is -2.05. The van der Waals surface area contributed by atoms with Crippen LogP contribution in [0.3, 0.4) is 0 Å². The van der Waals surface area contributed by atoms with Gasteiger partial charge in [-0.3, -0.25) is 0 Å². The second-order valence-electron chi connectivity index (χ2n) is 3.96. The third-order valence-electron chi connectivity index (χ3n) is 2.59. The fraction of sp³-hybridized carbons (Fsp3) is 0.0769. The SMILES string of the molecule is Brc1ccnc(OCc2ccc(-n3ccnn3)cc2)n1. The minimum atomic E-state index is 0.347. The summed E-state index contributed by atoms with van der Waals surface area (Å²) in [6.07, 6.45) is 5.07. The maximum absolute atomic E-state index is 5.52. The van der Waals surface area contributed by atoms with Crippen LogP contribution in [0, 0.1) is 0 Å². The molecule has 0 atom stereocenters. The van der Waals surface area contributed by atoms with Crippen molar-refractivity contribution < 1.29 is 4.74 Å². The van der Waals surface area contributed by atoms with E-state index in [0.29, 0.717) is 17.2 Å². The predicted octanol–water partition coefficient (Wildman–Crippen LogP) is 2.40. The molecule has 2 heterocycles. The number of halogens is 1. The van der Waals surface area contributed by atoms with E-state index in [1.54, 1.807) is 29.3 Å². The highest BCUT2D eigenvalue weighted by atomic mass is 79.9. The Hall–Kier alpha value is -2.28. The van der Waals surface area contributed by atoms with E-state index < -0.39 is 0 Å². The van der Waals surface area contributed by atoms with Gasteiger partial charge in [0, 0.05) is 6.20 Å². The van der Waals surface area contributed by atoms with Crippen LogP contribution in [0.4, 0.5) is 0 Å². The van der Waals surface area contributed by atoms with Gasteiger partial charge in [0.1, 0.15) is 11.2 Å². The Morgan fingerprint density at radius 1 is 1.10 bits per heavy atom. The second-order valence-corrected chi connectivity index (χ2v) is 4.78. The van der Waals surface area contributed by atoms with Gasteiger partial charge in [0.2, 0.25) is 0 Å². The van der Waals surface area contributed by atoms with Crippen LogP contribution < -0.4 is 4.74 Å². The van der Waals surface area contributed by atoms with E-state index >= 15 is 0 Å². The lowest BCUT2D eigenvalue weighted by molar-refractivity contribution is 0.280. The van der Waals surface area contributed by atoms with Crippen LogP contribution in [0.25, 0.3) is 5.69 Å². The molecule has 1 aromatic carbocycles. The highest BCUT2D eigenvalue weighted by Gasteiger charge is 2.01. The fourth-order valence-electron chi connectivity index (χ4n) is 1.63. The van der Waals surface area contributed by atoms with Crippen molar-refractivity contribution in [1.29, 1.82) is 0 Å². The van der Waals surface area contributed by atoms with Crippen LogP contribution in [0.2, 0.25) is 0 Å². The molecular formula is C13H10BrN5O. The Balaban J connectivity index is 1.67. The van der Waals surface area contributed by atoms with Crippen LogP contribution in [0.15, 0.2) is 53.5 Å². The molecule has 0 bridgehead atoms. The van der Waals surface area contributed by atoms with Crippen LogP contribution in [-0.2, 0) is 6.61 Å². The van der Waals surface area contributed by atoms with E-state index in [1.807, 2.05) is 24.3 Å². The van der Waals surface area contributed by atoms with Gasteiger partial charge in [0.25, 0.3) is 0 Å². The van der Waals surface area contributed by atoms with Crippen molar-refractivity contribution in [2.24, 2.45) is 0 Å². The Kier molecular flexibility index (Phi) is 3.69. The number of hydrogen-bond donors (Lipinski definition) is 0. The molecule has 0 saturated heterocycles. The van der Waals surface area contributed by atoms with Crippen molar-refractivity contribution in [2.75, 3.05) is 0 Å². The van der Waals surface area contributed by atoms with Gasteiger partial charge in [-0.05, 0) is 39.7 Å². The maximum Gasteiger partial charge on any atom is 0.317 e. The lowest BCUT2D eigenvalue weighted by atomic mass is 10.2. The van der Waals surface area contributed by atoms with E-state index in [2.05, 4.69) is 36.2 Å². The summed E-state index contributed by atoms with van der Waals surface area (Å²) < 4.78 is 7.91. The number of nitrogens with zero attached hydrogens (tertiary/aromatic N) is 5. The molecule has 0 unspecified atom stereocenters. The molecule has 3 rings (SSSR count). The van der Waals surface area contributed by atoms with E-state index in [0.717, 1.165) is 11.3 Å². The van der Waals surface area contributed by atoms with Crippen molar-refractivity contribution in [3.63, 3.8) is 0 Å². The number of ether oxygens (including phenoxy) is 1. The first-order chi connectivity index (χ1) is 9.81. The first-order valence-electron chi connectivity index (χ1n) is 5.88. The second kappa shape index (κ2) is 5.79. The summed E-state index contributed by atoms with van der Waals surface area (Å²) in [7, 11) is 0. The summed E-state index contributed by atoms with van der Waals surface area (Å²) in [4.78, 5) is 8.13. The smallest absolute Gasteiger partial charge is 0.317 e. The van der Waals surface area contributed by atoms with Crippen LogP contribution in [-0.4, -0.2) is 25.0 Å². The zero-order chi connectivity index (χ0) is 13.8. The molecular weight excluding hydrogens is 322 g/mol. The zero-order valence-electron chi connectivity index (χ0n) is 10.3. The third-order valence-corrected chi connectivity index (χ3v) is 3.03.